The van der Waals surface area contributed by atoms with Crippen LogP contribution in [0.5, 0.6) is 5.75 Å². The van der Waals surface area contributed by atoms with E-state index in [1.165, 1.54) is 32.7 Å². The summed E-state index contributed by atoms with van der Waals surface area (Å²) < 4.78 is 45.1. The highest BCUT2D eigenvalue weighted by molar-refractivity contribution is 7.89. The Morgan fingerprint density at radius 1 is 1.02 bits per heavy atom. The Morgan fingerprint density at radius 3 is 2.39 bits per heavy atom. The second kappa shape index (κ2) is 14.2. The molecule has 0 radical (unpaired) electrons. The monoisotopic (exact) mass is 645 g/mol. The smallest absolute Gasteiger partial charge is 0.409 e. The predicted octanol–water partition coefficient (Wildman–Crippen LogP) is 3.45. The molecule has 2 amide bonds. The number of aromatic nitrogens is 1. The topological polar surface area (TPSA) is 122 Å². The third-order valence-electron chi connectivity index (χ3n) is 7.85. The molecule has 0 unspecified atom stereocenters. The van der Waals surface area contributed by atoms with Gasteiger partial charge in [-0.2, -0.15) is 4.31 Å². The molecule has 14 heteroatoms. The molecule has 0 spiro atoms. The average Bonchev–Trinajstić information content (AvgIpc) is 3.50. The maximum atomic E-state index is 14.0. The van der Waals surface area contributed by atoms with Crippen LogP contribution in [0.25, 0.3) is 10.2 Å². The number of carbonyl (C=O) groups excluding carboxylic acids is 2. The molecule has 12 nitrogen and oxygen atoms in total. The van der Waals surface area contributed by atoms with Gasteiger partial charge in [-0.25, -0.2) is 18.2 Å². The van der Waals surface area contributed by atoms with Gasteiger partial charge < -0.3 is 19.1 Å². The molecule has 3 heterocycles. The number of amides is 2. The van der Waals surface area contributed by atoms with Crippen LogP contribution in [-0.2, 0) is 19.5 Å². The van der Waals surface area contributed by atoms with Crippen LogP contribution >= 0.6 is 11.3 Å². The standard InChI is InChI=1S/C30H39N5O7S2/c1-4-42-30(37)33-14-16-34(17-15-33)44(38,39)24-9-7-23(8-10-24)28(36)35(13-5-12-32-18-20-41-21-19-32)29-31-26-25(40-3)11-6-22(2)27(26)43-29/h6-11H,4-5,12-21H2,1-3H3. The van der Waals surface area contributed by atoms with Crippen molar-refractivity contribution in [1.29, 1.82) is 0 Å². The SMILES string of the molecule is CCOC(=O)N1CCN(S(=O)(=O)c2ccc(C(=O)N(CCCN3CCOCC3)c3nc4c(OC)ccc(C)c4s3)cc2)CC1. The van der Waals surface area contributed by atoms with Gasteiger partial charge in [0.25, 0.3) is 5.91 Å². The van der Waals surface area contributed by atoms with Crippen molar-refractivity contribution in [3.63, 3.8) is 0 Å². The van der Waals surface area contributed by atoms with Crippen LogP contribution in [0, 0.1) is 6.92 Å². The minimum atomic E-state index is -3.81. The van der Waals surface area contributed by atoms with Crippen molar-refractivity contribution in [2.75, 3.05) is 84.2 Å². The molecule has 5 rings (SSSR count). The molecule has 2 aliphatic heterocycles. The number of ether oxygens (including phenoxy) is 3. The van der Waals surface area contributed by atoms with E-state index >= 15 is 0 Å². The van der Waals surface area contributed by atoms with E-state index in [1.807, 2.05) is 19.1 Å². The van der Waals surface area contributed by atoms with Crippen molar-refractivity contribution in [3.8, 4) is 5.75 Å². The number of benzene rings is 2. The Morgan fingerprint density at radius 2 is 1.73 bits per heavy atom. The largest absolute Gasteiger partial charge is 0.494 e. The molecule has 0 aliphatic carbocycles. The summed E-state index contributed by atoms with van der Waals surface area (Å²) in [5.41, 5.74) is 2.12. The lowest BCUT2D eigenvalue weighted by Gasteiger charge is -2.33. The number of morpholine rings is 1. The molecule has 238 valence electrons. The van der Waals surface area contributed by atoms with Crippen molar-refractivity contribution in [2.45, 2.75) is 25.2 Å². The molecule has 0 atom stereocenters. The minimum absolute atomic E-state index is 0.0952. The van der Waals surface area contributed by atoms with Crippen LogP contribution in [0.2, 0.25) is 0 Å². The van der Waals surface area contributed by atoms with Crippen LogP contribution in [-0.4, -0.2) is 119 Å². The zero-order chi connectivity index (χ0) is 31.3. The van der Waals surface area contributed by atoms with Gasteiger partial charge in [0.2, 0.25) is 10.0 Å². The van der Waals surface area contributed by atoms with Crippen LogP contribution in [0.15, 0.2) is 41.3 Å². The van der Waals surface area contributed by atoms with Crippen molar-refractivity contribution >= 4 is 48.7 Å². The number of thiazole rings is 1. The second-order valence-corrected chi connectivity index (χ2v) is 13.6. The molecule has 0 bridgehead atoms. The number of methoxy groups -OCH3 is 1. The second-order valence-electron chi connectivity index (χ2n) is 10.6. The zero-order valence-electron chi connectivity index (χ0n) is 25.4. The van der Waals surface area contributed by atoms with E-state index in [0.717, 1.165) is 36.3 Å². The number of fused-ring (bicyclic) bond motifs is 1. The first-order valence-electron chi connectivity index (χ1n) is 14.8. The normalized spacial score (nSPS) is 16.7. The minimum Gasteiger partial charge on any atom is -0.494 e. The van der Waals surface area contributed by atoms with E-state index in [-0.39, 0.29) is 43.6 Å². The summed E-state index contributed by atoms with van der Waals surface area (Å²) in [5.74, 6) is 0.390. The number of anilines is 1. The Balaban J connectivity index is 1.35. The van der Waals surface area contributed by atoms with Crippen molar-refractivity contribution < 1.29 is 32.2 Å². The molecule has 3 aromatic rings. The van der Waals surface area contributed by atoms with Crippen molar-refractivity contribution in [1.82, 2.24) is 19.1 Å². The molecule has 0 N–H and O–H groups in total. The molecule has 2 aliphatic rings. The van der Waals surface area contributed by atoms with Gasteiger partial charge in [0, 0.05) is 57.9 Å². The molecule has 2 fully saturated rings. The number of rotatable bonds is 10. The van der Waals surface area contributed by atoms with E-state index in [1.54, 1.807) is 31.1 Å². The number of sulfonamides is 1. The predicted molar refractivity (Wildman–Crippen MR) is 168 cm³/mol. The first-order valence-corrected chi connectivity index (χ1v) is 17.1. The Hall–Kier alpha value is -3.30. The number of carbonyl (C=O) groups is 2. The van der Waals surface area contributed by atoms with E-state index < -0.39 is 16.1 Å². The summed E-state index contributed by atoms with van der Waals surface area (Å²) in [6, 6.07) is 9.90. The van der Waals surface area contributed by atoms with Gasteiger partial charge in [-0.3, -0.25) is 14.6 Å². The molecule has 2 saturated heterocycles. The first kappa shape index (κ1) is 32.1. The molecular weight excluding hydrogens is 606 g/mol. The lowest BCUT2D eigenvalue weighted by Crippen LogP contribution is -2.50. The van der Waals surface area contributed by atoms with Crippen LogP contribution in [0.1, 0.15) is 29.3 Å². The quantitative estimate of drug-likeness (QED) is 0.326. The number of hydrogen-bond donors (Lipinski definition) is 0. The van der Waals surface area contributed by atoms with E-state index in [0.29, 0.717) is 41.7 Å². The van der Waals surface area contributed by atoms with Gasteiger partial charge in [0.15, 0.2) is 5.13 Å². The summed E-state index contributed by atoms with van der Waals surface area (Å²) in [7, 11) is -2.20. The average molecular weight is 646 g/mol. The fourth-order valence-corrected chi connectivity index (χ4v) is 7.84. The van der Waals surface area contributed by atoms with Crippen LogP contribution in [0.3, 0.4) is 0 Å². The van der Waals surface area contributed by atoms with Crippen molar-refractivity contribution in [2.24, 2.45) is 0 Å². The van der Waals surface area contributed by atoms with Crippen LogP contribution in [0.4, 0.5) is 9.93 Å². The highest BCUT2D eigenvalue weighted by Crippen LogP contribution is 2.37. The molecule has 1 aromatic heterocycles. The summed E-state index contributed by atoms with van der Waals surface area (Å²) in [5, 5.41) is 0.566. The third kappa shape index (κ3) is 6.99. The van der Waals surface area contributed by atoms with E-state index in [4.69, 9.17) is 19.2 Å². The van der Waals surface area contributed by atoms with Gasteiger partial charge in [0.05, 0.1) is 36.5 Å². The summed E-state index contributed by atoms with van der Waals surface area (Å²) in [6.45, 7) is 9.23. The summed E-state index contributed by atoms with van der Waals surface area (Å²) in [4.78, 5) is 36.4. The van der Waals surface area contributed by atoms with Crippen molar-refractivity contribution in [3.05, 3.63) is 47.5 Å². The lowest BCUT2D eigenvalue weighted by atomic mass is 10.2. The highest BCUT2D eigenvalue weighted by Gasteiger charge is 2.31. The summed E-state index contributed by atoms with van der Waals surface area (Å²) in [6.07, 6.45) is 0.297. The van der Waals surface area contributed by atoms with Gasteiger partial charge in [-0.15, -0.1) is 0 Å². The van der Waals surface area contributed by atoms with Crippen LogP contribution < -0.4 is 9.64 Å². The van der Waals surface area contributed by atoms with E-state index in [9.17, 15) is 18.0 Å². The maximum Gasteiger partial charge on any atom is 0.409 e. The third-order valence-corrected chi connectivity index (χ3v) is 11.0. The maximum absolute atomic E-state index is 14.0. The summed E-state index contributed by atoms with van der Waals surface area (Å²) >= 11 is 1.44. The van der Waals surface area contributed by atoms with E-state index in [2.05, 4.69) is 4.90 Å². The Kier molecular flexibility index (Phi) is 10.4. The lowest BCUT2D eigenvalue weighted by molar-refractivity contribution is 0.0376. The molecular formula is C30H39N5O7S2. The Bertz CT molecular complexity index is 1560. The first-order chi connectivity index (χ1) is 21.2. The van der Waals surface area contributed by atoms with Gasteiger partial charge in [-0.05, 0) is 56.2 Å². The zero-order valence-corrected chi connectivity index (χ0v) is 27.0. The molecule has 0 saturated carbocycles. The number of piperazine rings is 1. The number of nitrogens with zero attached hydrogens (tertiary/aromatic N) is 5. The molecule has 2 aromatic carbocycles. The molecule has 44 heavy (non-hydrogen) atoms. The van der Waals surface area contributed by atoms with Gasteiger partial charge in [-0.1, -0.05) is 17.4 Å². The fourth-order valence-electron chi connectivity index (χ4n) is 5.34. The van der Waals surface area contributed by atoms with Gasteiger partial charge in [0.1, 0.15) is 11.3 Å². The van der Waals surface area contributed by atoms with Gasteiger partial charge >= 0.3 is 6.09 Å². The fraction of sp³-hybridized carbons (Fsp3) is 0.500. The number of aryl methyl sites for hydroxylation is 1. The highest BCUT2D eigenvalue weighted by atomic mass is 32.2. The Labute approximate surface area is 262 Å². The number of hydrogen-bond acceptors (Lipinski definition) is 10.